The van der Waals surface area contributed by atoms with Crippen LogP contribution >= 0.6 is 28.5 Å². The minimum Gasteiger partial charge on any atom is -0.338 e. The number of aromatic nitrogens is 4. The van der Waals surface area contributed by atoms with E-state index in [2.05, 4.69) is 81.5 Å². The van der Waals surface area contributed by atoms with Crippen LogP contribution in [0.15, 0.2) is 67.0 Å². The van der Waals surface area contributed by atoms with Crippen molar-refractivity contribution in [2.24, 2.45) is 0 Å². The molecule has 0 amide bonds. The molecule has 0 aliphatic rings. The number of fused-ring (bicyclic) bond motifs is 2. The second kappa shape index (κ2) is 9.51. The summed E-state index contributed by atoms with van der Waals surface area (Å²) in [6, 6.07) is 21.3. The number of aryl methyl sites for hydroxylation is 1. The molecule has 6 nitrogen and oxygen atoms in total. The summed E-state index contributed by atoms with van der Waals surface area (Å²) in [6.45, 7) is 2.12. The van der Waals surface area contributed by atoms with Crippen LogP contribution in [0.4, 0.5) is 0 Å². The Labute approximate surface area is 214 Å². The van der Waals surface area contributed by atoms with Crippen LogP contribution < -0.4 is 11.1 Å². The fraction of sp³-hybridized carbons (Fsp3) is 0.0370. The molecule has 0 fully saturated rings. The monoisotopic (exact) mass is 526 g/mol. The standard InChI is InChI=1S/C27H20N4O2P2S/c1-15-20-6-5-18(8-16(20)4-7-21(15)23-12-29-27(31-23)35-14-33)25-10-19-3-2-17(9-24(19)36-25)22-11-28-26(30-22)34-13-32/h2-14,34-35H,1H3,(H,28,30)(H,29,31). The molecule has 0 saturated heterocycles. The molecule has 0 bridgehead atoms. The van der Waals surface area contributed by atoms with E-state index in [1.807, 2.05) is 0 Å². The summed E-state index contributed by atoms with van der Waals surface area (Å²) >= 11 is 1.77. The minimum absolute atomic E-state index is 0.0368. The number of hydrogen-bond donors (Lipinski definition) is 2. The number of imidazole rings is 2. The molecule has 0 aliphatic heterocycles. The first-order valence-corrected chi connectivity index (χ1v) is 14.2. The van der Waals surface area contributed by atoms with Crippen LogP contribution in [-0.2, 0) is 9.59 Å². The first kappa shape index (κ1) is 22.9. The lowest BCUT2D eigenvalue weighted by atomic mass is 9.96. The van der Waals surface area contributed by atoms with Gasteiger partial charge in [0.1, 0.15) is 23.2 Å². The van der Waals surface area contributed by atoms with Gasteiger partial charge in [0.05, 0.1) is 23.8 Å². The van der Waals surface area contributed by atoms with Gasteiger partial charge in [0.25, 0.3) is 0 Å². The third-order valence-electron chi connectivity index (χ3n) is 6.24. The lowest BCUT2D eigenvalue weighted by Gasteiger charge is -2.09. The Morgan fingerprint density at radius 3 is 2.25 bits per heavy atom. The molecule has 3 heterocycles. The number of benzene rings is 3. The van der Waals surface area contributed by atoms with E-state index in [-0.39, 0.29) is 17.2 Å². The minimum atomic E-state index is 0.0368. The van der Waals surface area contributed by atoms with Crippen molar-refractivity contribution in [2.45, 2.75) is 6.92 Å². The van der Waals surface area contributed by atoms with Crippen LogP contribution in [0.25, 0.3) is 53.8 Å². The van der Waals surface area contributed by atoms with E-state index in [1.165, 1.54) is 36.9 Å². The fourth-order valence-electron chi connectivity index (χ4n) is 4.46. The van der Waals surface area contributed by atoms with Gasteiger partial charge in [0.2, 0.25) is 0 Å². The number of hydrogen-bond acceptors (Lipinski definition) is 5. The van der Waals surface area contributed by atoms with E-state index >= 15 is 0 Å². The summed E-state index contributed by atoms with van der Waals surface area (Å²) in [5.74, 6) is 0. The molecule has 0 saturated carbocycles. The zero-order valence-electron chi connectivity index (χ0n) is 19.1. The van der Waals surface area contributed by atoms with Gasteiger partial charge >= 0.3 is 0 Å². The highest BCUT2D eigenvalue weighted by Crippen LogP contribution is 2.38. The molecule has 2 unspecified atom stereocenters. The maximum atomic E-state index is 10.8. The predicted molar refractivity (Wildman–Crippen MR) is 154 cm³/mol. The van der Waals surface area contributed by atoms with Crippen molar-refractivity contribution in [3.05, 3.63) is 72.6 Å². The van der Waals surface area contributed by atoms with Crippen molar-refractivity contribution >= 4 is 72.5 Å². The molecule has 176 valence electrons. The van der Waals surface area contributed by atoms with Crippen molar-refractivity contribution in [2.75, 3.05) is 0 Å². The topological polar surface area (TPSA) is 91.5 Å². The van der Waals surface area contributed by atoms with Crippen molar-refractivity contribution in [3.63, 3.8) is 0 Å². The van der Waals surface area contributed by atoms with Crippen molar-refractivity contribution in [1.82, 2.24) is 19.9 Å². The highest BCUT2D eigenvalue weighted by Gasteiger charge is 2.12. The van der Waals surface area contributed by atoms with Crippen LogP contribution in [0.2, 0.25) is 0 Å². The lowest BCUT2D eigenvalue weighted by molar-refractivity contribution is 0.569. The summed E-state index contributed by atoms with van der Waals surface area (Å²) in [5, 5.41) is 3.58. The van der Waals surface area contributed by atoms with Gasteiger partial charge in [0.15, 0.2) is 0 Å². The van der Waals surface area contributed by atoms with E-state index in [4.69, 9.17) is 0 Å². The van der Waals surface area contributed by atoms with Crippen molar-refractivity contribution in [1.29, 1.82) is 0 Å². The summed E-state index contributed by atoms with van der Waals surface area (Å²) in [7, 11) is 0.0766. The SMILES string of the molecule is Cc1c(-c2cnc(PC=O)[nH]2)ccc2cc(-c3cc4ccc(-c5cnc(PC=O)[nH]5)cc4s3)ccc12. The number of nitrogens with one attached hydrogen (secondary N) is 2. The molecule has 0 spiro atoms. The Balaban J connectivity index is 1.34. The van der Waals surface area contributed by atoms with Gasteiger partial charge in [-0.2, -0.15) is 0 Å². The van der Waals surface area contributed by atoms with E-state index in [1.54, 1.807) is 23.7 Å². The Morgan fingerprint density at radius 2 is 1.47 bits per heavy atom. The third kappa shape index (κ3) is 4.20. The number of rotatable bonds is 7. The van der Waals surface area contributed by atoms with Crippen LogP contribution in [-0.4, -0.2) is 32.0 Å². The summed E-state index contributed by atoms with van der Waals surface area (Å²) in [4.78, 5) is 37.9. The largest absolute Gasteiger partial charge is 0.338 e. The van der Waals surface area contributed by atoms with Gasteiger partial charge in [0, 0.05) is 37.9 Å². The van der Waals surface area contributed by atoms with Crippen LogP contribution in [0.1, 0.15) is 5.56 Å². The van der Waals surface area contributed by atoms with Gasteiger partial charge in [-0.05, 0) is 52.4 Å². The number of H-pyrrole nitrogens is 2. The van der Waals surface area contributed by atoms with Crippen LogP contribution in [0.3, 0.4) is 0 Å². The molecular weight excluding hydrogens is 506 g/mol. The molecule has 3 aromatic heterocycles. The molecule has 2 N–H and O–H groups in total. The average molecular weight is 526 g/mol. The smallest absolute Gasteiger partial charge is 0.146 e. The first-order chi connectivity index (χ1) is 17.6. The molecule has 0 aliphatic carbocycles. The van der Waals surface area contributed by atoms with Crippen molar-refractivity contribution < 1.29 is 9.59 Å². The first-order valence-electron chi connectivity index (χ1n) is 11.2. The van der Waals surface area contributed by atoms with Gasteiger partial charge in [-0.25, -0.2) is 9.97 Å². The average Bonchev–Trinajstić information content (AvgIpc) is 3.64. The third-order valence-corrected chi connectivity index (χ3v) is 8.68. The molecule has 3 aromatic carbocycles. The predicted octanol–water partition coefficient (Wildman–Crippen LogP) is 5.80. The second-order valence-corrected chi connectivity index (χ2v) is 11.4. The van der Waals surface area contributed by atoms with E-state index in [0.717, 1.165) is 34.6 Å². The number of aromatic amines is 2. The Bertz CT molecular complexity index is 1770. The number of thiophene rings is 1. The molecule has 2 atom stereocenters. The zero-order chi connectivity index (χ0) is 24.6. The maximum absolute atomic E-state index is 10.8. The highest BCUT2D eigenvalue weighted by atomic mass is 32.1. The molecular formula is C27H20N4O2P2S. The molecule has 36 heavy (non-hydrogen) atoms. The van der Waals surface area contributed by atoms with Gasteiger partial charge < -0.3 is 9.97 Å². The number of carbonyl (C=O) groups excluding carboxylic acids is 2. The molecule has 9 heteroatoms. The summed E-state index contributed by atoms with van der Waals surface area (Å²) < 4.78 is 1.20. The normalized spacial score (nSPS) is 12.0. The molecule has 6 rings (SSSR count). The number of nitrogens with zero attached hydrogens (tertiary/aromatic N) is 2. The van der Waals surface area contributed by atoms with E-state index in [0.29, 0.717) is 11.1 Å². The highest BCUT2D eigenvalue weighted by molar-refractivity contribution is 7.62. The maximum Gasteiger partial charge on any atom is 0.146 e. The van der Waals surface area contributed by atoms with Gasteiger partial charge in [-0.15, -0.1) is 11.3 Å². The summed E-state index contributed by atoms with van der Waals surface area (Å²) in [6.07, 6.45) is 3.58. The Hall–Kier alpha value is -3.50. The van der Waals surface area contributed by atoms with Gasteiger partial charge in [-0.1, -0.05) is 36.4 Å². The second-order valence-electron chi connectivity index (χ2n) is 8.35. The Morgan fingerprint density at radius 1 is 0.778 bits per heavy atom. The van der Waals surface area contributed by atoms with Crippen LogP contribution in [0.5, 0.6) is 0 Å². The quantitative estimate of drug-likeness (QED) is 0.203. The Kier molecular flexibility index (Phi) is 6.06. The van der Waals surface area contributed by atoms with E-state index in [9.17, 15) is 9.59 Å². The fourth-order valence-corrected chi connectivity index (χ4v) is 6.47. The summed E-state index contributed by atoms with van der Waals surface area (Å²) in [5.41, 5.74) is 7.77. The van der Waals surface area contributed by atoms with Gasteiger partial charge in [-0.3, -0.25) is 9.59 Å². The van der Waals surface area contributed by atoms with Crippen LogP contribution in [0, 0.1) is 6.92 Å². The zero-order valence-corrected chi connectivity index (χ0v) is 21.9. The van der Waals surface area contributed by atoms with Crippen molar-refractivity contribution in [3.8, 4) is 33.0 Å². The number of carbonyl (C=O) groups is 2. The molecule has 0 radical (unpaired) electrons. The molecule has 6 aromatic rings. The lowest BCUT2D eigenvalue weighted by Crippen LogP contribution is -1.98. The van der Waals surface area contributed by atoms with E-state index < -0.39 is 0 Å².